The van der Waals surface area contributed by atoms with E-state index in [1.165, 1.54) is 0 Å². The van der Waals surface area contributed by atoms with Crippen LogP contribution in [0.3, 0.4) is 0 Å². The van der Waals surface area contributed by atoms with Gasteiger partial charge in [0.15, 0.2) is 5.97 Å². The standard InChI is InChI=1S/C10H20O5P.Na/c1-6-13-16(12,14-7-2)8-9(11)15-10(3,4)5;/h8H,6-7H2,1-5H3;/q-1;+1. The molecule has 0 aromatic rings. The Morgan fingerprint density at radius 1 is 1.18 bits per heavy atom. The van der Waals surface area contributed by atoms with Crippen molar-refractivity contribution in [1.82, 2.24) is 0 Å². The van der Waals surface area contributed by atoms with Gasteiger partial charge in [-0.15, -0.1) is 0 Å². The molecule has 0 saturated carbocycles. The zero-order valence-corrected chi connectivity index (χ0v) is 14.4. The molecule has 0 aliphatic rings. The Kier molecular flexibility index (Phi) is 9.99. The quantitative estimate of drug-likeness (QED) is 0.289. The Balaban J connectivity index is 0. The number of carbonyl (C=O) groups excluding carboxylic acids is 1. The molecule has 0 amide bonds. The summed E-state index contributed by atoms with van der Waals surface area (Å²) in [5, 5.41) is 0. The molecular weight excluding hydrogens is 254 g/mol. The maximum Gasteiger partial charge on any atom is 1.00 e. The molecule has 0 aliphatic carbocycles. The van der Waals surface area contributed by atoms with Crippen molar-refractivity contribution in [1.29, 1.82) is 0 Å². The van der Waals surface area contributed by atoms with Gasteiger partial charge >= 0.3 is 29.6 Å². The summed E-state index contributed by atoms with van der Waals surface area (Å²) in [6.45, 7) is 8.94. The van der Waals surface area contributed by atoms with Crippen molar-refractivity contribution in [2.45, 2.75) is 40.2 Å². The molecule has 0 fully saturated rings. The second-order valence-electron chi connectivity index (χ2n) is 4.04. The average molecular weight is 274 g/mol. The maximum absolute atomic E-state index is 11.9. The van der Waals surface area contributed by atoms with Crippen molar-refractivity contribution in [2.24, 2.45) is 0 Å². The molecule has 17 heavy (non-hydrogen) atoms. The molecule has 96 valence electrons. The fraction of sp³-hybridized carbons (Fsp3) is 0.800. The van der Waals surface area contributed by atoms with E-state index >= 15 is 0 Å². The predicted molar refractivity (Wildman–Crippen MR) is 61.0 cm³/mol. The SMILES string of the molecule is CCOP(=O)([CH-]C(=O)OC(C)(C)C)OCC.[Na+]. The molecule has 0 spiro atoms. The summed E-state index contributed by atoms with van der Waals surface area (Å²) in [4.78, 5) is 11.4. The monoisotopic (exact) mass is 274 g/mol. The van der Waals surface area contributed by atoms with E-state index in [2.05, 4.69) is 0 Å². The van der Waals surface area contributed by atoms with E-state index in [0.717, 1.165) is 6.16 Å². The Hall–Kier alpha value is 0.490. The van der Waals surface area contributed by atoms with Crippen LogP contribution in [0, 0.1) is 6.16 Å². The van der Waals surface area contributed by atoms with Gasteiger partial charge in [-0.25, -0.2) is 0 Å². The largest absolute Gasteiger partial charge is 1.00 e. The molecule has 0 N–H and O–H groups in total. The van der Waals surface area contributed by atoms with Crippen LogP contribution in [0.5, 0.6) is 0 Å². The summed E-state index contributed by atoms with van der Waals surface area (Å²) < 4.78 is 26.8. The molecule has 0 bridgehead atoms. The summed E-state index contributed by atoms with van der Waals surface area (Å²) >= 11 is 0. The second kappa shape index (κ2) is 8.57. The predicted octanol–water partition coefficient (Wildman–Crippen LogP) is -0.240. The van der Waals surface area contributed by atoms with Crippen LogP contribution >= 0.6 is 7.60 Å². The number of hydrogen-bond donors (Lipinski definition) is 0. The first-order valence-electron chi connectivity index (χ1n) is 5.20. The first kappa shape index (κ1) is 19.8. The number of hydrogen-bond acceptors (Lipinski definition) is 5. The second-order valence-corrected chi connectivity index (χ2v) is 5.89. The van der Waals surface area contributed by atoms with Crippen LogP contribution in [0.15, 0.2) is 0 Å². The number of rotatable bonds is 6. The van der Waals surface area contributed by atoms with E-state index in [1.54, 1.807) is 34.6 Å². The van der Waals surface area contributed by atoms with Gasteiger partial charge in [-0.2, -0.15) is 6.16 Å². The van der Waals surface area contributed by atoms with Crippen LogP contribution in [0.1, 0.15) is 34.6 Å². The van der Waals surface area contributed by atoms with E-state index in [0.29, 0.717) is 0 Å². The molecule has 0 heterocycles. The van der Waals surface area contributed by atoms with Crippen LogP contribution < -0.4 is 29.6 Å². The zero-order chi connectivity index (χ0) is 12.8. The first-order valence-corrected chi connectivity index (χ1v) is 6.81. The third-order valence-corrected chi connectivity index (χ3v) is 3.05. The van der Waals surface area contributed by atoms with E-state index in [-0.39, 0.29) is 42.8 Å². The molecule has 0 aliphatic heterocycles. The van der Waals surface area contributed by atoms with Gasteiger partial charge in [-0.3, -0.25) is 9.36 Å². The molecule has 5 nitrogen and oxygen atoms in total. The molecule has 7 heteroatoms. The van der Waals surface area contributed by atoms with E-state index in [4.69, 9.17) is 13.8 Å². The minimum absolute atomic E-state index is 0. The molecule has 0 saturated heterocycles. The van der Waals surface area contributed by atoms with Crippen LogP contribution in [-0.2, 0) is 23.1 Å². The zero-order valence-electron chi connectivity index (χ0n) is 11.5. The van der Waals surface area contributed by atoms with Gasteiger partial charge in [0.2, 0.25) is 7.60 Å². The van der Waals surface area contributed by atoms with Crippen molar-refractivity contribution < 1.29 is 52.7 Å². The number of ether oxygens (including phenoxy) is 1. The van der Waals surface area contributed by atoms with Crippen LogP contribution in [0.25, 0.3) is 0 Å². The van der Waals surface area contributed by atoms with E-state index in [9.17, 15) is 9.36 Å². The van der Waals surface area contributed by atoms with E-state index in [1.807, 2.05) is 0 Å². The summed E-state index contributed by atoms with van der Waals surface area (Å²) in [7, 11) is -3.46. The number of esters is 1. The summed E-state index contributed by atoms with van der Waals surface area (Å²) in [6, 6.07) is 0. The van der Waals surface area contributed by atoms with E-state index < -0.39 is 19.2 Å². The summed E-state index contributed by atoms with van der Waals surface area (Å²) in [6.07, 6.45) is 0.880. The summed E-state index contributed by atoms with van der Waals surface area (Å²) in [5.74, 6) is -0.697. The van der Waals surface area contributed by atoms with Gasteiger partial charge < -0.3 is 13.8 Å². The molecule has 0 radical (unpaired) electrons. The minimum Gasteiger partial charge on any atom is -0.482 e. The minimum atomic E-state index is -3.46. The molecule has 0 aromatic heterocycles. The van der Waals surface area contributed by atoms with Gasteiger partial charge in [-0.05, 0) is 34.6 Å². The van der Waals surface area contributed by atoms with Gasteiger partial charge in [0, 0.05) is 0 Å². The fourth-order valence-corrected chi connectivity index (χ4v) is 2.18. The Labute approximate surface area is 125 Å². The van der Waals surface area contributed by atoms with Crippen molar-refractivity contribution >= 4 is 13.6 Å². The first-order chi connectivity index (χ1) is 7.22. The molecule has 0 unspecified atom stereocenters. The molecule has 0 rings (SSSR count). The Morgan fingerprint density at radius 3 is 1.88 bits per heavy atom. The Morgan fingerprint density at radius 2 is 1.59 bits per heavy atom. The molecule has 0 atom stereocenters. The van der Waals surface area contributed by atoms with Crippen molar-refractivity contribution in [2.75, 3.05) is 13.2 Å². The van der Waals surface area contributed by atoms with Gasteiger partial charge in [0.25, 0.3) is 0 Å². The van der Waals surface area contributed by atoms with Gasteiger partial charge in [0.05, 0.1) is 13.2 Å². The van der Waals surface area contributed by atoms with Crippen molar-refractivity contribution in [3.05, 3.63) is 6.16 Å². The topological polar surface area (TPSA) is 61.8 Å². The average Bonchev–Trinajstić information content (AvgIpc) is 1.99. The normalized spacial score (nSPS) is 11.6. The van der Waals surface area contributed by atoms with Crippen LogP contribution in [0.2, 0.25) is 0 Å². The smallest absolute Gasteiger partial charge is 0.482 e. The third-order valence-electron chi connectivity index (χ3n) is 1.29. The molecular formula is C10H20NaO5P. The van der Waals surface area contributed by atoms with Crippen molar-refractivity contribution in [3.8, 4) is 0 Å². The third kappa shape index (κ3) is 10.1. The van der Waals surface area contributed by atoms with Crippen molar-refractivity contribution in [3.63, 3.8) is 0 Å². The van der Waals surface area contributed by atoms with Crippen LogP contribution in [0.4, 0.5) is 0 Å². The van der Waals surface area contributed by atoms with Crippen LogP contribution in [-0.4, -0.2) is 24.8 Å². The summed E-state index contributed by atoms with van der Waals surface area (Å²) in [5.41, 5.74) is -0.628. The molecule has 0 aromatic carbocycles. The van der Waals surface area contributed by atoms with Gasteiger partial charge in [-0.1, -0.05) is 0 Å². The fourth-order valence-electron chi connectivity index (χ4n) is 0.929. The maximum atomic E-state index is 11.9. The van der Waals surface area contributed by atoms with Gasteiger partial charge in [0.1, 0.15) is 5.60 Å². The number of carbonyl (C=O) groups is 1. The Bertz CT molecular complexity index is 264.